The van der Waals surface area contributed by atoms with E-state index in [4.69, 9.17) is 32.8 Å². The molecule has 3 aromatic rings. The maximum absolute atomic E-state index is 13.6. The molecule has 10 atom stereocenters. The molecule has 3 heterocycles. The molecule has 2 aliphatic rings. The molecule has 2 fully saturated rings. The summed E-state index contributed by atoms with van der Waals surface area (Å²) in [6.07, 6.45) is -16.5. The van der Waals surface area contributed by atoms with Gasteiger partial charge in [0.15, 0.2) is 17.8 Å². The van der Waals surface area contributed by atoms with Crippen molar-refractivity contribution in [3.8, 4) is 23.0 Å². The van der Waals surface area contributed by atoms with Crippen molar-refractivity contribution in [1.29, 1.82) is 0 Å². The predicted octanol–water partition coefficient (Wildman–Crippen LogP) is -2.33. The lowest BCUT2D eigenvalue weighted by Crippen LogP contribution is -2.62. The number of aromatic hydroxyl groups is 1. The van der Waals surface area contributed by atoms with Crippen LogP contribution in [0.2, 0.25) is 0 Å². The number of ether oxygens (including phenoxy) is 6. The molecule has 5 rings (SSSR count). The third kappa shape index (κ3) is 5.58. The second-order valence-electron chi connectivity index (χ2n) is 10.1. The predicted molar refractivity (Wildman–Crippen MR) is 142 cm³/mol. The number of aliphatic hydroxyl groups excluding tert-OH is 7. The molecule has 0 amide bonds. The van der Waals surface area contributed by atoms with Crippen LogP contribution in [-0.4, -0.2) is 130 Å². The summed E-state index contributed by atoms with van der Waals surface area (Å²) in [5.41, 5.74) is -0.698. The molecule has 2 aromatic carbocycles. The van der Waals surface area contributed by atoms with Gasteiger partial charge in [-0.1, -0.05) is 0 Å². The molecule has 0 spiro atoms. The average molecular weight is 613 g/mol. The zero-order valence-corrected chi connectivity index (χ0v) is 22.8. The molecule has 8 N–H and O–H groups in total. The topological polar surface area (TPSA) is 247 Å². The van der Waals surface area contributed by atoms with Crippen molar-refractivity contribution in [2.24, 2.45) is 0 Å². The number of hydrogen-bond acceptors (Lipinski definition) is 16. The first-order valence-electron chi connectivity index (χ1n) is 13.1. The maximum Gasteiger partial charge on any atom is 0.229 e. The third-order valence-electron chi connectivity index (χ3n) is 7.46. The van der Waals surface area contributed by atoms with Gasteiger partial charge in [-0.15, -0.1) is 0 Å². The number of hydrogen-bond donors (Lipinski definition) is 8. The lowest BCUT2D eigenvalue weighted by atomic mass is 9.98. The van der Waals surface area contributed by atoms with E-state index in [1.54, 1.807) is 0 Å². The number of benzene rings is 2. The SMILES string of the molecule is COc1cc(OC2OC(COC3OC(CO)C(O)C(O)C3O)C(O)C(O)C2O)c2c(=O)c3c(O)c(OC)ccc3oc2c1. The van der Waals surface area contributed by atoms with Crippen LogP contribution in [0.4, 0.5) is 0 Å². The Balaban J connectivity index is 1.45. The van der Waals surface area contributed by atoms with Gasteiger partial charge in [-0.25, -0.2) is 0 Å². The Morgan fingerprint density at radius 3 is 2.05 bits per heavy atom. The number of methoxy groups -OCH3 is 2. The molecule has 2 aliphatic heterocycles. The van der Waals surface area contributed by atoms with E-state index in [-0.39, 0.29) is 39.2 Å². The van der Waals surface area contributed by atoms with E-state index in [0.29, 0.717) is 0 Å². The van der Waals surface area contributed by atoms with Crippen LogP contribution in [-0.2, 0) is 14.2 Å². The number of phenols is 1. The summed E-state index contributed by atoms with van der Waals surface area (Å²) in [6.45, 7) is -1.29. The van der Waals surface area contributed by atoms with Crippen LogP contribution in [0.3, 0.4) is 0 Å². The highest BCUT2D eigenvalue weighted by Gasteiger charge is 2.48. The Kier molecular flexibility index (Phi) is 8.96. The Morgan fingerprint density at radius 1 is 0.744 bits per heavy atom. The molecule has 236 valence electrons. The summed E-state index contributed by atoms with van der Waals surface area (Å²) in [7, 11) is 2.65. The average Bonchev–Trinajstić information content (AvgIpc) is 3.00. The molecular weight excluding hydrogens is 580 g/mol. The zero-order valence-electron chi connectivity index (χ0n) is 22.8. The molecule has 0 radical (unpaired) electrons. The highest BCUT2D eigenvalue weighted by molar-refractivity contribution is 5.97. The lowest BCUT2D eigenvalue weighted by molar-refractivity contribution is -0.323. The number of phenolic OH excluding ortho intramolecular Hbond substituents is 1. The quantitative estimate of drug-likeness (QED) is 0.124. The summed E-state index contributed by atoms with van der Waals surface area (Å²) in [6, 6.07) is 5.53. The van der Waals surface area contributed by atoms with E-state index in [1.807, 2.05) is 0 Å². The third-order valence-corrected chi connectivity index (χ3v) is 7.46. The Morgan fingerprint density at radius 2 is 1.40 bits per heavy atom. The molecule has 0 bridgehead atoms. The fraction of sp³-hybridized carbons (Fsp3) is 0.519. The van der Waals surface area contributed by atoms with Gasteiger partial charge in [0.05, 0.1) is 27.4 Å². The van der Waals surface area contributed by atoms with Gasteiger partial charge in [-0.2, -0.15) is 0 Å². The Hall–Kier alpha value is -3.29. The fourth-order valence-corrected chi connectivity index (χ4v) is 5.02. The van der Waals surface area contributed by atoms with Crippen molar-refractivity contribution in [3.63, 3.8) is 0 Å². The van der Waals surface area contributed by atoms with Crippen LogP contribution >= 0.6 is 0 Å². The minimum atomic E-state index is -1.85. The summed E-state index contributed by atoms with van der Waals surface area (Å²) < 4.78 is 38.4. The maximum atomic E-state index is 13.6. The molecule has 1 aromatic heterocycles. The Bertz CT molecular complexity index is 1510. The largest absolute Gasteiger partial charge is 0.504 e. The molecule has 16 nitrogen and oxygen atoms in total. The van der Waals surface area contributed by atoms with Gasteiger partial charge >= 0.3 is 0 Å². The van der Waals surface area contributed by atoms with Crippen LogP contribution in [0.25, 0.3) is 21.9 Å². The first-order valence-corrected chi connectivity index (χ1v) is 13.1. The van der Waals surface area contributed by atoms with Gasteiger partial charge in [0, 0.05) is 12.1 Å². The first-order chi connectivity index (χ1) is 20.5. The van der Waals surface area contributed by atoms with Gasteiger partial charge in [-0.05, 0) is 12.1 Å². The van der Waals surface area contributed by atoms with Crippen LogP contribution in [0.15, 0.2) is 33.5 Å². The second kappa shape index (κ2) is 12.4. The second-order valence-corrected chi connectivity index (χ2v) is 10.1. The highest BCUT2D eigenvalue weighted by atomic mass is 16.7. The van der Waals surface area contributed by atoms with Gasteiger partial charge in [0.1, 0.15) is 82.3 Å². The molecular formula is C27H32O16. The summed E-state index contributed by atoms with van der Waals surface area (Å²) in [5.74, 6) is -0.514. The van der Waals surface area contributed by atoms with Gasteiger partial charge < -0.3 is 73.7 Å². The van der Waals surface area contributed by atoms with Crippen LogP contribution < -0.4 is 19.6 Å². The van der Waals surface area contributed by atoms with Gasteiger partial charge in [-0.3, -0.25) is 4.79 Å². The van der Waals surface area contributed by atoms with Gasteiger partial charge in [0.25, 0.3) is 0 Å². The molecule has 16 heteroatoms. The van der Waals surface area contributed by atoms with E-state index in [2.05, 4.69) is 0 Å². The van der Waals surface area contributed by atoms with Crippen LogP contribution in [0.5, 0.6) is 23.0 Å². The smallest absolute Gasteiger partial charge is 0.229 e. The van der Waals surface area contributed by atoms with Crippen LogP contribution in [0, 0.1) is 0 Å². The summed E-state index contributed by atoms with van der Waals surface area (Å²) >= 11 is 0. The van der Waals surface area contributed by atoms with Gasteiger partial charge in [0.2, 0.25) is 11.7 Å². The minimum Gasteiger partial charge on any atom is -0.504 e. The standard InChI is InChI=1S/C27H32O16/c1-37-9-5-12-16(21(32)17-10(40-12)3-4-11(38-2)18(17)29)13(6-9)41-27-25(36)23(34)20(31)15(43-27)8-39-26-24(35)22(33)19(30)14(7-28)42-26/h3-6,14-15,19-20,22-31,33-36H,7-8H2,1-2H3. The van der Waals surface area contributed by atoms with E-state index in [0.717, 1.165) is 0 Å². The van der Waals surface area contributed by atoms with E-state index >= 15 is 0 Å². The summed E-state index contributed by atoms with van der Waals surface area (Å²) in [5, 5.41) is 81.6. The van der Waals surface area contributed by atoms with E-state index in [9.17, 15) is 45.6 Å². The molecule has 0 aliphatic carbocycles. The van der Waals surface area contributed by atoms with Crippen molar-refractivity contribution in [2.75, 3.05) is 27.4 Å². The number of fused-ring (bicyclic) bond motifs is 2. The normalized spacial score (nSPS) is 33.0. The molecule has 43 heavy (non-hydrogen) atoms. The van der Waals surface area contributed by atoms with Crippen molar-refractivity contribution in [1.82, 2.24) is 0 Å². The fourth-order valence-electron chi connectivity index (χ4n) is 5.02. The minimum absolute atomic E-state index is 0.00944. The number of aliphatic hydroxyl groups is 7. The van der Waals surface area contributed by atoms with E-state index in [1.165, 1.54) is 38.5 Å². The zero-order chi connectivity index (χ0) is 31.2. The monoisotopic (exact) mass is 612 g/mol. The molecule has 10 unspecified atom stereocenters. The molecule has 2 saturated heterocycles. The Labute approximate surface area is 242 Å². The highest BCUT2D eigenvalue weighted by Crippen LogP contribution is 2.38. The van der Waals surface area contributed by atoms with Crippen molar-refractivity contribution in [2.45, 2.75) is 61.4 Å². The molecule has 0 saturated carbocycles. The van der Waals surface area contributed by atoms with E-state index < -0.39 is 85.8 Å². The van der Waals surface area contributed by atoms with Crippen LogP contribution in [0.1, 0.15) is 0 Å². The van der Waals surface area contributed by atoms with Crippen molar-refractivity contribution in [3.05, 3.63) is 34.5 Å². The van der Waals surface area contributed by atoms with Crippen molar-refractivity contribution >= 4 is 21.9 Å². The summed E-state index contributed by atoms with van der Waals surface area (Å²) in [4.78, 5) is 13.6. The number of rotatable bonds is 8. The first kappa shape index (κ1) is 31.1. The van der Waals surface area contributed by atoms with Crippen molar-refractivity contribution < 1.29 is 73.7 Å². The lowest BCUT2D eigenvalue weighted by Gasteiger charge is -2.42.